The molecule has 0 aliphatic rings. The zero-order chi connectivity index (χ0) is 12.8. The van der Waals surface area contributed by atoms with Crippen LogP contribution < -0.4 is 0 Å². The van der Waals surface area contributed by atoms with Gasteiger partial charge in [-0.05, 0) is 36.4 Å². The molecule has 1 aromatic heterocycles. The fourth-order valence-electron chi connectivity index (χ4n) is 1.40. The molecule has 0 aliphatic carbocycles. The lowest BCUT2D eigenvalue weighted by Gasteiger charge is -2.02. The third kappa shape index (κ3) is 3.51. The minimum Gasteiger partial charge on any atom is -0.384 e. The Morgan fingerprint density at radius 2 is 1.89 bits per heavy atom. The SMILES string of the molecule is COCCSc1ccc(-c2ccc(F)cc2)nn1. The first kappa shape index (κ1) is 13.0. The molecule has 0 saturated heterocycles. The summed E-state index contributed by atoms with van der Waals surface area (Å²) in [7, 11) is 1.67. The lowest BCUT2D eigenvalue weighted by atomic mass is 10.1. The Labute approximate surface area is 109 Å². The highest BCUT2D eigenvalue weighted by Crippen LogP contribution is 2.19. The molecule has 5 heteroatoms. The smallest absolute Gasteiger partial charge is 0.123 e. The molecule has 0 atom stereocenters. The number of methoxy groups -OCH3 is 1. The standard InChI is InChI=1S/C13H13FN2OS/c1-17-8-9-18-13-7-6-12(15-16-13)10-2-4-11(14)5-3-10/h2-7H,8-9H2,1H3. The maximum atomic E-state index is 12.8. The van der Waals surface area contributed by atoms with Crippen molar-refractivity contribution in [3.05, 3.63) is 42.2 Å². The van der Waals surface area contributed by atoms with E-state index in [9.17, 15) is 4.39 Å². The molecular formula is C13H13FN2OS. The first-order chi connectivity index (χ1) is 8.79. The Balaban J connectivity index is 2.05. The molecule has 0 spiro atoms. The van der Waals surface area contributed by atoms with Gasteiger partial charge in [0.05, 0.1) is 12.3 Å². The molecule has 0 saturated carbocycles. The summed E-state index contributed by atoms with van der Waals surface area (Å²) in [5.74, 6) is 0.597. The summed E-state index contributed by atoms with van der Waals surface area (Å²) in [5.41, 5.74) is 1.60. The number of halogens is 1. The van der Waals surface area contributed by atoms with Gasteiger partial charge in [-0.2, -0.15) is 0 Å². The summed E-state index contributed by atoms with van der Waals surface area (Å²) in [6, 6.07) is 10.0. The monoisotopic (exact) mass is 264 g/mol. The average molecular weight is 264 g/mol. The second-order valence-corrected chi connectivity index (χ2v) is 4.72. The third-order valence-corrected chi connectivity index (χ3v) is 3.20. The Bertz CT molecular complexity index is 487. The second kappa shape index (κ2) is 6.47. The van der Waals surface area contributed by atoms with Gasteiger partial charge in [0, 0.05) is 18.4 Å². The Hall–Kier alpha value is -1.46. The zero-order valence-electron chi connectivity index (χ0n) is 9.97. The molecule has 0 N–H and O–H groups in total. The Kier molecular flexibility index (Phi) is 4.66. The van der Waals surface area contributed by atoms with Gasteiger partial charge >= 0.3 is 0 Å². The topological polar surface area (TPSA) is 35.0 Å². The predicted molar refractivity (Wildman–Crippen MR) is 70.0 cm³/mol. The molecule has 2 rings (SSSR count). The maximum absolute atomic E-state index is 12.8. The first-order valence-corrected chi connectivity index (χ1v) is 6.49. The number of ether oxygens (including phenoxy) is 1. The van der Waals surface area contributed by atoms with Gasteiger partial charge in [0.25, 0.3) is 0 Å². The van der Waals surface area contributed by atoms with E-state index in [1.807, 2.05) is 12.1 Å². The largest absolute Gasteiger partial charge is 0.384 e. The highest BCUT2D eigenvalue weighted by molar-refractivity contribution is 7.99. The minimum absolute atomic E-state index is 0.251. The van der Waals surface area contributed by atoms with E-state index in [1.54, 1.807) is 31.0 Å². The molecule has 18 heavy (non-hydrogen) atoms. The molecule has 1 aromatic carbocycles. The van der Waals surface area contributed by atoms with Crippen molar-refractivity contribution in [3.63, 3.8) is 0 Å². The van der Waals surface area contributed by atoms with Crippen molar-refractivity contribution >= 4 is 11.8 Å². The predicted octanol–water partition coefficient (Wildman–Crippen LogP) is 3.02. The molecule has 0 amide bonds. The van der Waals surface area contributed by atoms with Crippen LogP contribution >= 0.6 is 11.8 Å². The Morgan fingerprint density at radius 3 is 2.50 bits per heavy atom. The first-order valence-electron chi connectivity index (χ1n) is 5.51. The molecule has 0 aliphatic heterocycles. The van der Waals surface area contributed by atoms with Crippen LogP contribution in [-0.2, 0) is 4.74 Å². The number of aromatic nitrogens is 2. The molecular weight excluding hydrogens is 251 g/mol. The second-order valence-electron chi connectivity index (χ2n) is 3.60. The number of hydrogen-bond donors (Lipinski definition) is 0. The normalized spacial score (nSPS) is 10.6. The van der Waals surface area contributed by atoms with E-state index < -0.39 is 0 Å². The molecule has 0 bridgehead atoms. The van der Waals surface area contributed by atoms with Gasteiger partial charge in [0.15, 0.2) is 0 Å². The van der Waals surface area contributed by atoms with Crippen LogP contribution in [0.1, 0.15) is 0 Å². The summed E-state index contributed by atoms with van der Waals surface area (Å²) in [6.45, 7) is 0.687. The lowest BCUT2D eigenvalue weighted by Crippen LogP contribution is -1.94. The van der Waals surface area contributed by atoms with Crippen molar-refractivity contribution in [3.8, 4) is 11.3 Å². The Morgan fingerprint density at radius 1 is 1.11 bits per heavy atom. The highest BCUT2D eigenvalue weighted by Gasteiger charge is 2.02. The number of thioether (sulfide) groups is 1. The van der Waals surface area contributed by atoms with Crippen LogP contribution in [0.2, 0.25) is 0 Å². The fourth-order valence-corrected chi connectivity index (χ4v) is 2.12. The summed E-state index contributed by atoms with van der Waals surface area (Å²) in [4.78, 5) is 0. The van der Waals surface area contributed by atoms with Crippen LogP contribution in [0, 0.1) is 5.82 Å². The number of rotatable bonds is 5. The van der Waals surface area contributed by atoms with Crippen LogP contribution in [0.3, 0.4) is 0 Å². The molecule has 2 aromatic rings. The molecule has 0 unspecified atom stereocenters. The number of benzene rings is 1. The number of hydrogen-bond acceptors (Lipinski definition) is 4. The quantitative estimate of drug-likeness (QED) is 0.614. The van der Waals surface area contributed by atoms with Gasteiger partial charge in [-0.3, -0.25) is 0 Å². The van der Waals surface area contributed by atoms with Crippen molar-refractivity contribution < 1.29 is 9.13 Å². The minimum atomic E-state index is -0.251. The summed E-state index contributed by atoms with van der Waals surface area (Å²) >= 11 is 1.59. The van der Waals surface area contributed by atoms with Crippen molar-refractivity contribution in [1.82, 2.24) is 10.2 Å². The molecule has 0 radical (unpaired) electrons. The molecule has 3 nitrogen and oxygen atoms in total. The van der Waals surface area contributed by atoms with E-state index in [4.69, 9.17) is 4.74 Å². The molecule has 94 valence electrons. The van der Waals surface area contributed by atoms with E-state index in [0.717, 1.165) is 22.0 Å². The molecule has 0 fully saturated rings. The highest BCUT2D eigenvalue weighted by atomic mass is 32.2. The van der Waals surface area contributed by atoms with E-state index in [1.165, 1.54) is 12.1 Å². The summed E-state index contributed by atoms with van der Waals surface area (Å²) < 4.78 is 17.8. The maximum Gasteiger partial charge on any atom is 0.123 e. The van der Waals surface area contributed by atoms with E-state index in [0.29, 0.717) is 6.61 Å². The number of nitrogens with zero attached hydrogens (tertiary/aromatic N) is 2. The van der Waals surface area contributed by atoms with Gasteiger partial charge in [-0.25, -0.2) is 4.39 Å². The molecule has 1 heterocycles. The van der Waals surface area contributed by atoms with Crippen LogP contribution in [-0.4, -0.2) is 29.7 Å². The lowest BCUT2D eigenvalue weighted by molar-refractivity contribution is 0.218. The summed E-state index contributed by atoms with van der Waals surface area (Å²) in [6.07, 6.45) is 0. The third-order valence-electron chi connectivity index (χ3n) is 2.32. The van der Waals surface area contributed by atoms with Gasteiger partial charge in [-0.1, -0.05) is 0 Å². The van der Waals surface area contributed by atoms with Gasteiger partial charge in [0.2, 0.25) is 0 Å². The van der Waals surface area contributed by atoms with Crippen LogP contribution in [0.4, 0.5) is 4.39 Å². The van der Waals surface area contributed by atoms with Crippen LogP contribution in [0.25, 0.3) is 11.3 Å². The van der Waals surface area contributed by atoms with E-state index in [2.05, 4.69) is 10.2 Å². The van der Waals surface area contributed by atoms with Gasteiger partial charge < -0.3 is 4.74 Å². The van der Waals surface area contributed by atoms with Gasteiger partial charge in [-0.15, -0.1) is 22.0 Å². The van der Waals surface area contributed by atoms with Crippen LogP contribution in [0.15, 0.2) is 41.4 Å². The van der Waals surface area contributed by atoms with Crippen molar-refractivity contribution in [1.29, 1.82) is 0 Å². The van der Waals surface area contributed by atoms with Gasteiger partial charge in [0.1, 0.15) is 10.8 Å². The fraction of sp³-hybridized carbons (Fsp3) is 0.231. The van der Waals surface area contributed by atoms with Crippen molar-refractivity contribution in [2.45, 2.75) is 5.03 Å². The van der Waals surface area contributed by atoms with E-state index in [-0.39, 0.29) is 5.82 Å². The van der Waals surface area contributed by atoms with Crippen LogP contribution in [0.5, 0.6) is 0 Å². The average Bonchev–Trinajstić information content (AvgIpc) is 2.41. The van der Waals surface area contributed by atoms with Crippen molar-refractivity contribution in [2.75, 3.05) is 19.5 Å². The summed E-state index contributed by atoms with van der Waals surface area (Å²) in [5, 5.41) is 9.10. The van der Waals surface area contributed by atoms with Crippen molar-refractivity contribution in [2.24, 2.45) is 0 Å². The zero-order valence-corrected chi connectivity index (χ0v) is 10.8. The van der Waals surface area contributed by atoms with E-state index >= 15 is 0 Å².